The van der Waals surface area contributed by atoms with Crippen LogP contribution in [0.2, 0.25) is 0 Å². The van der Waals surface area contributed by atoms with Crippen molar-refractivity contribution in [3.8, 4) is 11.4 Å². The van der Waals surface area contributed by atoms with E-state index in [-0.39, 0.29) is 5.69 Å². The summed E-state index contributed by atoms with van der Waals surface area (Å²) in [5, 5.41) is 7.86. The summed E-state index contributed by atoms with van der Waals surface area (Å²) in [6.45, 7) is 2.52. The summed E-state index contributed by atoms with van der Waals surface area (Å²) in [5.41, 5.74) is 3.93. The highest BCUT2D eigenvalue weighted by Crippen LogP contribution is 2.43. The van der Waals surface area contributed by atoms with E-state index < -0.39 is 0 Å². The van der Waals surface area contributed by atoms with Crippen LogP contribution in [0.3, 0.4) is 0 Å². The molecule has 6 heteroatoms. The number of nitrogens with zero attached hydrogens (tertiary/aromatic N) is 4. The third kappa shape index (κ3) is 3.03. The van der Waals surface area contributed by atoms with Crippen molar-refractivity contribution in [2.45, 2.75) is 38.7 Å². The van der Waals surface area contributed by atoms with Gasteiger partial charge in [0.2, 0.25) is 0 Å². The average Bonchev–Trinajstić information content (AvgIpc) is 3.46. The van der Waals surface area contributed by atoms with Crippen molar-refractivity contribution >= 4 is 0 Å². The first kappa shape index (κ1) is 16.6. The van der Waals surface area contributed by atoms with Crippen LogP contribution in [-0.2, 0) is 20.1 Å². The van der Waals surface area contributed by atoms with Crippen molar-refractivity contribution in [1.29, 1.82) is 0 Å². The first-order valence-corrected chi connectivity index (χ1v) is 9.01. The van der Waals surface area contributed by atoms with Crippen LogP contribution >= 0.6 is 0 Å². The van der Waals surface area contributed by atoms with Gasteiger partial charge in [-0.2, -0.15) is 9.36 Å². The number of ether oxygens (including phenoxy) is 1. The largest absolute Gasteiger partial charge is 0.489 e. The Morgan fingerprint density at radius 3 is 2.62 bits per heavy atom. The molecule has 1 aliphatic carbocycles. The van der Waals surface area contributed by atoms with E-state index in [0.29, 0.717) is 12.5 Å². The number of tetrazole rings is 1. The molecular weight excluding hydrogens is 328 g/mol. The molecule has 0 spiro atoms. The van der Waals surface area contributed by atoms with Crippen LogP contribution in [0.1, 0.15) is 42.4 Å². The molecule has 0 aliphatic heterocycles. The third-order valence-electron chi connectivity index (χ3n) is 4.88. The van der Waals surface area contributed by atoms with Gasteiger partial charge in [0.05, 0.1) is 5.69 Å². The topological polar surface area (TPSA) is 61.9 Å². The van der Waals surface area contributed by atoms with Crippen LogP contribution in [0.15, 0.2) is 47.3 Å². The van der Waals surface area contributed by atoms with Crippen molar-refractivity contribution in [3.05, 3.63) is 69.6 Å². The van der Waals surface area contributed by atoms with Gasteiger partial charge < -0.3 is 4.74 Å². The molecule has 2 aromatic carbocycles. The fourth-order valence-electron chi connectivity index (χ4n) is 3.28. The Hall–Kier alpha value is -2.89. The van der Waals surface area contributed by atoms with Gasteiger partial charge in [-0.1, -0.05) is 37.3 Å². The Labute approximate surface area is 152 Å². The van der Waals surface area contributed by atoms with Crippen LogP contribution in [0.5, 0.6) is 5.75 Å². The summed E-state index contributed by atoms with van der Waals surface area (Å²) in [7, 11) is 1.60. The van der Waals surface area contributed by atoms with Crippen molar-refractivity contribution in [1.82, 2.24) is 19.8 Å². The van der Waals surface area contributed by atoms with Crippen LogP contribution < -0.4 is 10.4 Å². The lowest BCUT2D eigenvalue weighted by Crippen LogP contribution is -2.23. The molecule has 4 rings (SSSR count). The van der Waals surface area contributed by atoms with Crippen molar-refractivity contribution < 1.29 is 4.74 Å². The molecule has 3 aromatic rings. The Morgan fingerprint density at radius 1 is 1.12 bits per heavy atom. The van der Waals surface area contributed by atoms with Crippen LogP contribution in [0.4, 0.5) is 0 Å². The van der Waals surface area contributed by atoms with Crippen molar-refractivity contribution in [2.75, 3.05) is 0 Å². The smallest absolute Gasteiger partial charge is 0.368 e. The Bertz CT molecular complexity index is 985. The zero-order valence-electron chi connectivity index (χ0n) is 15.1. The van der Waals surface area contributed by atoms with E-state index in [2.05, 4.69) is 29.5 Å². The lowest BCUT2D eigenvalue weighted by molar-refractivity contribution is 0.301. The lowest BCUT2D eigenvalue weighted by Gasteiger charge is -2.16. The highest BCUT2D eigenvalue weighted by atomic mass is 16.5. The average molecular weight is 350 g/mol. The van der Waals surface area contributed by atoms with E-state index in [4.69, 9.17) is 4.74 Å². The molecule has 26 heavy (non-hydrogen) atoms. The molecule has 1 heterocycles. The van der Waals surface area contributed by atoms with Crippen LogP contribution in [-0.4, -0.2) is 19.8 Å². The quantitative estimate of drug-likeness (QED) is 0.686. The van der Waals surface area contributed by atoms with Gasteiger partial charge in [-0.15, -0.1) is 0 Å². The summed E-state index contributed by atoms with van der Waals surface area (Å²) < 4.78 is 8.77. The standard InChI is InChI=1S/C20H22N4O2/c1-3-14-7-4-5-10-19(14)26-13-17-16(15-11-12-15)8-6-9-18(17)24-20(25)23(2)21-22-24/h4-10,15H,3,11-13H2,1-2H3. The number of hydrogen-bond donors (Lipinski definition) is 0. The van der Waals surface area contributed by atoms with Gasteiger partial charge in [0, 0.05) is 12.6 Å². The van der Waals surface area contributed by atoms with E-state index in [1.807, 2.05) is 30.3 Å². The number of hydrogen-bond acceptors (Lipinski definition) is 4. The first-order chi connectivity index (χ1) is 12.7. The summed E-state index contributed by atoms with van der Waals surface area (Å²) in [6.07, 6.45) is 3.27. The predicted molar refractivity (Wildman–Crippen MR) is 98.7 cm³/mol. The van der Waals surface area contributed by atoms with Crippen molar-refractivity contribution in [2.24, 2.45) is 7.05 Å². The second-order valence-corrected chi connectivity index (χ2v) is 6.67. The normalized spacial score (nSPS) is 13.8. The Morgan fingerprint density at radius 2 is 1.92 bits per heavy atom. The molecule has 1 saturated carbocycles. The van der Waals surface area contributed by atoms with E-state index in [1.54, 1.807) is 7.05 Å². The van der Waals surface area contributed by atoms with Crippen LogP contribution in [0, 0.1) is 0 Å². The molecule has 0 amide bonds. The maximum absolute atomic E-state index is 12.4. The highest BCUT2D eigenvalue weighted by molar-refractivity contribution is 5.48. The van der Waals surface area contributed by atoms with Gasteiger partial charge in [-0.3, -0.25) is 0 Å². The second-order valence-electron chi connectivity index (χ2n) is 6.67. The molecule has 1 aromatic heterocycles. The summed E-state index contributed by atoms with van der Waals surface area (Å²) >= 11 is 0. The van der Waals surface area contributed by atoms with E-state index in [1.165, 1.54) is 33.3 Å². The molecule has 0 unspecified atom stereocenters. The summed E-state index contributed by atoms with van der Waals surface area (Å²) in [5.74, 6) is 1.43. The van der Waals surface area contributed by atoms with Crippen molar-refractivity contribution in [3.63, 3.8) is 0 Å². The van der Waals surface area contributed by atoms with Gasteiger partial charge in [0.25, 0.3) is 0 Å². The molecule has 6 nitrogen and oxygen atoms in total. The number of para-hydroxylation sites is 1. The van der Waals surface area contributed by atoms with E-state index in [0.717, 1.165) is 23.4 Å². The number of benzene rings is 2. The first-order valence-electron chi connectivity index (χ1n) is 9.01. The van der Waals surface area contributed by atoms with Crippen LogP contribution in [0.25, 0.3) is 5.69 Å². The Balaban J connectivity index is 1.74. The molecule has 1 fully saturated rings. The summed E-state index contributed by atoms with van der Waals surface area (Å²) in [4.78, 5) is 12.4. The third-order valence-corrected chi connectivity index (χ3v) is 4.88. The predicted octanol–water partition coefficient (Wildman–Crippen LogP) is 2.98. The number of rotatable bonds is 6. The second kappa shape index (κ2) is 6.78. The number of aromatic nitrogens is 4. The summed E-state index contributed by atoms with van der Waals surface area (Å²) in [6, 6.07) is 14.1. The zero-order chi connectivity index (χ0) is 18.1. The van der Waals surface area contributed by atoms with Gasteiger partial charge in [0.15, 0.2) is 0 Å². The van der Waals surface area contributed by atoms with E-state index in [9.17, 15) is 4.79 Å². The maximum atomic E-state index is 12.4. The van der Waals surface area contributed by atoms with Gasteiger partial charge in [0.1, 0.15) is 12.4 Å². The lowest BCUT2D eigenvalue weighted by atomic mass is 10.0. The minimum atomic E-state index is -0.256. The Kier molecular flexibility index (Phi) is 4.32. The maximum Gasteiger partial charge on any atom is 0.368 e. The van der Waals surface area contributed by atoms with Gasteiger partial charge in [-0.05, 0) is 58.9 Å². The SMILES string of the molecule is CCc1ccccc1OCc1c(C2CC2)cccc1-n1nnn(C)c1=O. The van der Waals surface area contributed by atoms with Gasteiger partial charge in [-0.25, -0.2) is 4.79 Å². The molecule has 1 aliphatic rings. The monoisotopic (exact) mass is 350 g/mol. The van der Waals surface area contributed by atoms with E-state index >= 15 is 0 Å². The molecule has 0 saturated heterocycles. The zero-order valence-corrected chi connectivity index (χ0v) is 15.1. The molecule has 134 valence electrons. The minimum Gasteiger partial charge on any atom is -0.489 e. The molecule has 0 atom stereocenters. The number of aryl methyl sites for hydroxylation is 2. The highest BCUT2D eigenvalue weighted by Gasteiger charge is 2.28. The fourth-order valence-corrected chi connectivity index (χ4v) is 3.28. The van der Waals surface area contributed by atoms with Gasteiger partial charge >= 0.3 is 5.69 Å². The minimum absolute atomic E-state index is 0.256. The fraction of sp³-hybridized carbons (Fsp3) is 0.350. The molecule has 0 N–H and O–H groups in total. The molecule has 0 bridgehead atoms. The molecular formula is C20H22N4O2. The molecule has 0 radical (unpaired) electrons.